The molecule has 1 N–H and O–H groups in total. The van der Waals surface area contributed by atoms with E-state index < -0.39 is 35.1 Å². The highest BCUT2D eigenvalue weighted by molar-refractivity contribution is 5.92. The molecule has 1 fully saturated rings. The fourth-order valence-electron chi connectivity index (χ4n) is 5.32. The molecule has 12 heteroatoms. The molecule has 0 bridgehead atoms. The third-order valence-corrected chi connectivity index (χ3v) is 8.10. The summed E-state index contributed by atoms with van der Waals surface area (Å²) in [6, 6.07) is 16.7. The molecule has 5 aromatic rings. The number of halogens is 4. The Bertz CT molecular complexity index is 2110. The summed E-state index contributed by atoms with van der Waals surface area (Å²) in [6.07, 6.45) is 1.73. The number of aromatic carboxylic acids is 1. The zero-order chi connectivity index (χ0) is 32.6. The van der Waals surface area contributed by atoms with Gasteiger partial charge in [0, 0.05) is 35.9 Å². The molecule has 0 aliphatic heterocycles. The lowest BCUT2D eigenvalue weighted by Gasteiger charge is -2.16. The zero-order valence-electron chi connectivity index (χ0n) is 24.0. The Kier molecular flexibility index (Phi) is 7.88. The van der Waals surface area contributed by atoms with Gasteiger partial charge in [0.25, 0.3) is 5.88 Å². The summed E-state index contributed by atoms with van der Waals surface area (Å²) in [7, 11) is 0. The van der Waals surface area contributed by atoms with Crippen molar-refractivity contribution in [3.63, 3.8) is 0 Å². The molecule has 0 saturated heterocycles. The topological polar surface area (TPSA) is 125 Å². The van der Waals surface area contributed by atoms with Crippen molar-refractivity contribution >= 4 is 17.0 Å². The van der Waals surface area contributed by atoms with Crippen LogP contribution in [0.4, 0.5) is 17.6 Å². The molecule has 230 valence electrons. The number of carboxylic acid groups (broad SMARTS) is 1. The fourth-order valence-corrected chi connectivity index (χ4v) is 5.32. The van der Waals surface area contributed by atoms with Crippen molar-refractivity contribution in [3.8, 4) is 29.3 Å². The number of rotatable bonds is 10. The largest absolute Gasteiger partial charge is 0.478 e. The van der Waals surface area contributed by atoms with Crippen LogP contribution in [0, 0.1) is 51.3 Å². The monoisotopic (exact) mass is 625 g/mol. The molecule has 1 aliphatic carbocycles. The van der Waals surface area contributed by atoms with Crippen molar-refractivity contribution < 1.29 is 32.2 Å². The van der Waals surface area contributed by atoms with E-state index in [9.17, 15) is 28.3 Å². The quantitative estimate of drug-likeness (QED) is 0.164. The molecule has 46 heavy (non-hydrogen) atoms. The van der Waals surface area contributed by atoms with Crippen molar-refractivity contribution in [2.45, 2.75) is 38.8 Å². The van der Waals surface area contributed by atoms with Gasteiger partial charge in [-0.2, -0.15) is 10.5 Å². The molecular formula is C34H23F4N5O3. The number of aromatic nitrogens is 3. The molecule has 0 spiro atoms. The number of benzene rings is 3. The molecule has 0 radical (unpaired) electrons. The first kappa shape index (κ1) is 30.3. The first-order valence-electron chi connectivity index (χ1n) is 14.2. The van der Waals surface area contributed by atoms with E-state index in [2.05, 4.69) is 16.0 Å². The van der Waals surface area contributed by atoms with Crippen molar-refractivity contribution in [2.75, 3.05) is 0 Å². The number of hydrogen-bond acceptors (Lipinski definition) is 6. The first-order chi connectivity index (χ1) is 22.1. The maximum atomic E-state index is 15.6. The first-order valence-corrected chi connectivity index (χ1v) is 14.2. The van der Waals surface area contributed by atoms with Gasteiger partial charge in [-0.25, -0.2) is 32.3 Å². The second-order valence-corrected chi connectivity index (χ2v) is 11.3. The van der Waals surface area contributed by atoms with Gasteiger partial charge in [0.1, 0.15) is 29.6 Å². The second-order valence-electron chi connectivity index (χ2n) is 11.3. The van der Waals surface area contributed by atoms with E-state index in [4.69, 9.17) is 10.00 Å². The van der Waals surface area contributed by atoms with Gasteiger partial charge in [-0.1, -0.05) is 18.2 Å². The summed E-state index contributed by atoms with van der Waals surface area (Å²) in [5.41, 5.74) is 0.500. The Morgan fingerprint density at radius 2 is 1.67 bits per heavy atom. The molecule has 2 aromatic heterocycles. The highest BCUT2D eigenvalue weighted by Crippen LogP contribution is 2.50. The number of nitrogens with zero attached hydrogens (tertiary/aromatic N) is 5. The lowest BCUT2D eigenvalue weighted by atomic mass is 10.0. The van der Waals surface area contributed by atoms with Crippen molar-refractivity contribution in [2.24, 2.45) is 5.41 Å². The molecule has 0 unspecified atom stereocenters. The standard InChI is InChI=1S/C34H23F4N5O3/c35-24-5-6-28(41-32(24)46-17-22-2-1-19(16-40)11-25(22)36)21-4-3-20(26(37)12-21)15-30-42-31-27(38)13-23(33(44)45)14-29(31)43(30)18-34(7-8-34)9-10-39/h1-6,11-14H,7-9,15,17-18H2,(H,44,45). The maximum absolute atomic E-state index is 15.6. The van der Waals surface area contributed by atoms with Gasteiger partial charge in [0.2, 0.25) is 0 Å². The number of carbonyl (C=O) groups is 1. The smallest absolute Gasteiger partial charge is 0.335 e. The van der Waals surface area contributed by atoms with Gasteiger partial charge in [0.05, 0.1) is 34.5 Å². The van der Waals surface area contributed by atoms with E-state index in [0.29, 0.717) is 17.9 Å². The Labute approximate surface area is 259 Å². The van der Waals surface area contributed by atoms with Crippen LogP contribution in [0.3, 0.4) is 0 Å². The fraction of sp³-hybridized carbons (Fsp3) is 0.206. The van der Waals surface area contributed by atoms with E-state index in [1.165, 1.54) is 36.4 Å². The number of ether oxygens (including phenoxy) is 1. The number of fused-ring (bicyclic) bond motifs is 1. The van der Waals surface area contributed by atoms with Crippen LogP contribution in [0.1, 0.15) is 52.1 Å². The third kappa shape index (κ3) is 5.97. The van der Waals surface area contributed by atoms with Gasteiger partial charge in [-0.15, -0.1) is 0 Å². The highest BCUT2D eigenvalue weighted by Gasteiger charge is 2.43. The third-order valence-electron chi connectivity index (χ3n) is 8.10. The molecule has 2 heterocycles. The van der Waals surface area contributed by atoms with Crippen LogP contribution in [0.25, 0.3) is 22.3 Å². The summed E-state index contributed by atoms with van der Waals surface area (Å²) < 4.78 is 66.4. The Hall–Kier alpha value is -5.75. The minimum atomic E-state index is -1.31. The molecule has 8 nitrogen and oxygen atoms in total. The van der Waals surface area contributed by atoms with Crippen molar-refractivity contribution in [1.29, 1.82) is 10.5 Å². The van der Waals surface area contributed by atoms with E-state index >= 15 is 4.39 Å². The molecular weight excluding hydrogens is 602 g/mol. The number of nitriles is 2. The lowest BCUT2D eigenvalue weighted by molar-refractivity contribution is 0.0696. The minimum absolute atomic E-state index is 0.0475. The average Bonchev–Trinajstić information content (AvgIpc) is 3.71. The van der Waals surface area contributed by atoms with Gasteiger partial charge in [0.15, 0.2) is 11.6 Å². The summed E-state index contributed by atoms with van der Waals surface area (Å²) in [6.45, 7) is -0.0628. The summed E-state index contributed by atoms with van der Waals surface area (Å²) in [5.74, 6) is -4.39. The van der Waals surface area contributed by atoms with Gasteiger partial charge in [-0.05, 0) is 60.9 Å². The summed E-state index contributed by atoms with van der Waals surface area (Å²) in [5, 5.41) is 27.7. The van der Waals surface area contributed by atoms with Gasteiger partial charge >= 0.3 is 5.97 Å². The van der Waals surface area contributed by atoms with Gasteiger partial charge in [-0.3, -0.25) is 0 Å². The van der Waals surface area contributed by atoms with Crippen LogP contribution >= 0.6 is 0 Å². The molecule has 1 saturated carbocycles. The zero-order valence-corrected chi connectivity index (χ0v) is 24.0. The van der Waals surface area contributed by atoms with Crippen LogP contribution in [0.2, 0.25) is 0 Å². The normalized spacial score (nSPS) is 13.3. The molecule has 3 aromatic carbocycles. The van der Waals surface area contributed by atoms with Crippen LogP contribution in [0.5, 0.6) is 5.88 Å². The second kappa shape index (κ2) is 12.0. The Morgan fingerprint density at radius 1 is 0.913 bits per heavy atom. The highest BCUT2D eigenvalue weighted by atomic mass is 19.1. The summed E-state index contributed by atoms with van der Waals surface area (Å²) >= 11 is 0. The van der Waals surface area contributed by atoms with Crippen molar-refractivity contribution in [1.82, 2.24) is 14.5 Å². The summed E-state index contributed by atoms with van der Waals surface area (Å²) in [4.78, 5) is 20.2. The predicted molar refractivity (Wildman–Crippen MR) is 156 cm³/mol. The number of imidazole rings is 1. The van der Waals surface area contributed by atoms with Crippen LogP contribution in [-0.4, -0.2) is 25.6 Å². The molecule has 6 rings (SSSR count). The Balaban J connectivity index is 1.28. The van der Waals surface area contributed by atoms with Crippen LogP contribution in [0.15, 0.2) is 60.7 Å². The Morgan fingerprint density at radius 3 is 2.35 bits per heavy atom. The van der Waals surface area contributed by atoms with E-state index in [-0.39, 0.29) is 63.8 Å². The van der Waals surface area contributed by atoms with Crippen LogP contribution < -0.4 is 4.74 Å². The molecule has 0 amide bonds. The molecule has 1 aliphatic rings. The number of pyridine rings is 1. The number of carboxylic acids is 1. The van der Waals surface area contributed by atoms with Crippen LogP contribution in [-0.2, 0) is 19.6 Å². The average molecular weight is 626 g/mol. The lowest BCUT2D eigenvalue weighted by Crippen LogP contribution is -2.15. The predicted octanol–water partition coefficient (Wildman–Crippen LogP) is 7.09. The van der Waals surface area contributed by atoms with E-state index in [0.717, 1.165) is 31.0 Å². The minimum Gasteiger partial charge on any atom is -0.478 e. The van der Waals surface area contributed by atoms with Crippen molar-refractivity contribution in [3.05, 3.63) is 112 Å². The van der Waals surface area contributed by atoms with Gasteiger partial charge < -0.3 is 14.4 Å². The molecule has 0 atom stereocenters. The van der Waals surface area contributed by atoms with E-state index in [1.54, 1.807) is 10.6 Å². The van der Waals surface area contributed by atoms with E-state index in [1.807, 2.05) is 6.07 Å². The maximum Gasteiger partial charge on any atom is 0.335 e. The SMILES string of the molecule is N#CCC1(Cn2c(Cc3ccc(-c4ccc(F)c(OCc5ccc(C#N)cc5F)n4)cc3F)nc3c(F)cc(C(=O)O)cc32)CC1. The number of hydrogen-bond donors (Lipinski definition) is 1.